The maximum atomic E-state index is 13.4. The highest BCUT2D eigenvalue weighted by atomic mass is 16.5. The molecular weight excluding hydrogens is 650 g/mol. The lowest BCUT2D eigenvalue weighted by Gasteiger charge is -2.31. The van der Waals surface area contributed by atoms with Crippen molar-refractivity contribution in [1.82, 2.24) is 15.4 Å². The van der Waals surface area contributed by atoms with Crippen LogP contribution in [0.15, 0.2) is 71.3 Å². The number of aromatic nitrogens is 1. The van der Waals surface area contributed by atoms with Gasteiger partial charge in [0.1, 0.15) is 11.8 Å². The zero-order chi connectivity index (χ0) is 37.1. The highest BCUT2D eigenvalue weighted by molar-refractivity contribution is 6.03. The summed E-state index contributed by atoms with van der Waals surface area (Å²) < 4.78 is 22.9. The number of anilines is 1. The molecule has 0 aliphatic carbocycles. The molecule has 3 aromatic carbocycles. The molecule has 0 aliphatic heterocycles. The molecule has 4 aromatic rings. The first-order valence-corrected chi connectivity index (χ1v) is 17.5. The van der Waals surface area contributed by atoms with E-state index in [1.807, 2.05) is 76.8 Å². The number of nitrogens with two attached hydrogens (primary N) is 1. The summed E-state index contributed by atoms with van der Waals surface area (Å²) in [6, 6.07) is 18.5. The van der Waals surface area contributed by atoms with E-state index in [1.54, 1.807) is 43.5 Å². The molecular formula is C39H51N5O7. The Labute approximate surface area is 300 Å². The summed E-state index contributed by atoms with van der Waals surface area (Å²) in [6.07, 6.45) is 1.72. The normalized spacial score (nSPS) is 12.5. The lowest BCUT2D eigenvalue weighted by molar-refractivity contribution is -0.128. The van der Waals surface area contributed by atoms with E-state index < -0.39 is 23.9 Å². The molecule has 0 fully saturated rings. The SMILES string of the molecule is COc1cc(C(=O)N(C(C)C)C(C)C)ccc1OCCCCOc1ccc2c(NC(=O)C(Cc3ccccc3)NC(=O)C(N)C(C)C)noc2c1. The van der Waals surface area contributed by atoms with Gasteiger partial charge in [0.15, 0.2) is 22.9 Å². The Balaban J connectivity index is 1.29. The van der Waals surface area contributed by atoms with Crippen molar-refractivity contribution in [3.8, 4) is 17.2 Å². The van der Waals surface area contributed by atoms with E-state index in [-0.39, 0.29) is 36.1 Å². The van der Waals surface area contributed by atoms with Gasteiger partial charge in [-0.15, -0.1) is 0 Å². The third-order valence-electron chi connectivity index (χ3n) is 8.44. The number of unbranched alkanes of at least 4 members (excludes halogenated alkanes) is 1. The molecule has 0 aliphatic rings. The van der Waals surface area contributed by atoms with E-state index >= 15 is 0 Å². The Morgan fingerprint density at radius 1 is 0.843 bits per heavy atom. The molecule has 0 bridgehead atoms. The van der Waals surface area contributed by atoms with Gasteiger partial charge in [-0.25, -0.2) is 0 Å². The van der Waals surface area contributed by atoms with Crippen molar-refractivity contribution in [2.45, 2.75) is 85.0 Å². The number of rotatable bonds is 18. The minimum absolute atomic E-state index is 0.0490. The summed E-state index contributed by atoms with van der Waals surface area (Å²) in [7, 11) is 1.56. The van der Waals surface area contributed by atoms with Crippen LogP contribution < -0.4 is 30.6 Å². The van der Waals surface area contributed by atoms with Crippen LogP contribution in [-0.4, -0.2) is 72.3 Å². The first-order valence-electron chi connectivity index (χ1n) is 17.5. The second-order valence-electron chi connectivity index (χ2n) is 13.4. The number of amides is 3. The highest BCUT2D eigenvalue weighted by Crippen LogP contribution is 2.30. The van der Waals surface area contributed by atoms with Gasteiger partial charge in [-0.3, -0.25) is 14.4 Å². The van der Waals surface area contributed by atoms with E-state index in [1.165, 1.54) is 0 Å². The summed E-state index contributed by atoms with van der Waals surface area (Å²) in [5.74, 6) is 0.930. The molecule has 2 unspecified atom stereocenters. The quantitative estimate of drug-likeness (QED) is 0.106. The molecule has 4 rings (SSSR count). The van der Waals surface area contributed by atoms with Gasteiger partial charge in [0.05, 0.1) is 31.8 Å². The Morgan fingerprint density at radius 3 is 2.18 bits per heavy atom. The third-order valence-corrected chi connectivity index (χ3v) is 8.44. The van der Waals surface area contributed by atoms with Crippen LogP contribution in [0.4, 0.5) is 5.82 Å². The summed E-state index contributed by atoms with van der Waals surface area (Å²) >= 11 is 0. The molecule has 12 heteroatoms. The van der Waals surface area contributed by atoms with Crippen molar-refractivity contribution in [3.63, 3.8) is 0 Å². The average molecular weight is 702 g/mol. The van der Waals surface area contributed by atoms with E-state index in [2.05, 4.69) is 15.8 Å². The van der Waals surface area contributed by atoms with Gasteiger partial charge in [-0.2, -0.15) is 0 Å². The Bertz CT molecular complexity index is 1750. The number of methoxy groups -OCH3 is 1. The molecule has 0 saturated carbocycles. The van der Waals surface area contributed by atoms with Crippen molar-refractivity contribution in [1.29, 1.82) is 0 Å². The smallest absolute Gasteiger partial charge is 0.254 e. The largest absolute Gasteiger partial charge is 0.493 e. The van der Waals surface area contributed by atoms with Crippen molar-refractivity contribution < 1.29 is 33.1 Å². The van der Waals surface area contributed by atoms with E-state index in [9.17, 15) is 14.4 Å². The molecule has 0 saturated heterocycles. The van der Waals surface area contributed by atoms with E-state index in [4.69, 9.17) is 24.5 Å². The zero-order valence-corrected chi connectivity index (χ0v) is 30.6. The van der Waals surface area contributed by atoms with Crippen LogP contribution >= 0.6 is 0 Å². The van der Waals surface area contributed by atoms with Gasteiger partial charge in [0.2, 0.25) is 11.8 Å². The molecule has 12 nitrogen and oxygen atoms in total. The summed E-state index contributed by atoms with van der Waals surface area (Å²) in [4.78, 5) is 41.1. The number of fused-ring (bicyclic) bond motifs is 1. The molecule has 3 amide bonds. The van der Waals surface area contributed by atoms with Crippen LogP contribution in [0.5, 0.6) is 17.2 Å². The summed E-state index contributed by atoms with van der Waals surface area (Å²) in [6.45, 7) is 12.6. The number of carbonyl (C=O) groups is 3. The number of nitrogens with one attached hydrogen (secondary N) is 2. The van der Waals surface area contributed by atoms with E-state index in [0.717, 1.165) is 18.4 Å². The first kappa shape index (κ1) is 38.7. The predicted octanol–water partition coefficient (Wildman–Crippen LogP) is 5.98. The standard InChI is InChI=1S/C39H51N5O7/c1-24(2)35(40)38(46)41-31(21-27-13-9-8-10-14-27)37(45)42-36-30-17-16-29(23-33(30)51-43-36)49-19-11-12-20-50-32-18-15-28(22-34(32)48-7)39(47)44(25(3)4)26(5)6/h8-10,13-18,22-26,31,35H,11-12,19-21,40H2,1-7H3,(H,41,46)(H,42,43,45). The molecule has 4 N–H and O–H groups in total. The fourth-order valence-corrected chi connectivity index (χ4v) is 5.64. The molecule has 0 spiro atoms. The molecule has 274 valence electrons. The minimum atomic E-state index is -0.877. The lowest BCUT2D eigenvalue weighted by Crippen LogP contribution is -2.52. The van der Waals surface area contributed by atoms with Crippen molar-refractivity contribution in [2.24, 2.45) is 11.7 Å². The van der Waals surface area contributed by atoms with Gasteiger partial charge < -0.3 is 40.0 Å². The number of ether oxygens (including phenoxy) is 3. The fraction of sp³-hybridized carbons (Fsp3) is 0.436. The Hall–Kier alpha value is -5.10. The van der Waals surface area contributed by atoms with Crippen LogP contribution in [0.1, 0.15) is 70.3 Å². The molecule has 1 aromatic heterocycles. The van der Waals surface area contributed by atoms with Gasteiger partial charge in [-0.05, 0) is 82.3 Å². The average Bonchev–Trinajstić information content (AvgIpc) is 3.50. The second kappa shape index (κ2) is 18.2. The zero-order valence-electron chi connectivity index (χ0n) is 30.6. The number of hydrogen-bond donors (Lipinski definition) is 3. The monoisotopic (exact) mass is 701 g/mol. The van der Waals surface area contributed by atoms with Crippen molar-refractivity contribution in [3.05, 3.63) is 77.9 Å². The van der Waals surface area contributed by atoms with Crippen molar-refractivity contribution in [2.75, 3.05) is 25.6 Å². The topological polar surface area (TPSA) is 158 Å². The third kappa shape index (κ3) is 10.5. The predicted molar refractivity (Wildman–Crippen MR) is 197 cm³/mol. The van der Waals surface area contributed by atoms with Gasteiger partial charge in [0.25, 0.3) is 5.91 Å². The van der Waals surface area contributed by atoms with Crippen LogP contribution in [0.3, 0.4) is 0 Å². The van der Waals surface area contributed by atoms with Crippen LogP contribution in [0.25, 0.3) is 11.0 Å². The molecule has 0 radical (unpaired) electrons. The minimum Gasteiger partial charge on any atom is -0.493 e. The number of nitrogens with zero attached hydrogens (tertiary/aromatic N) is 2. The molecule has 1 heterocycles. The van der Waals surface area contributed by atoms with Crippen LogP contribution in [-0.2, 0) is 16.0 Å². The number of carbonyl (C=O) groups excluding carboxylic acids is 3. The Kier molecular flexibility index (Phi) is 13.8. The van der Waals surface area contributed by atoms with E-state index in [0.29, 0.717) is 47.0 Å². The van der Waals surface area contributed by atoms with Gasteiger partial charge in [-0.1, -0.05) is 49.3 Å². The molecule has 51 heavy (non-hydrogen) atoms. The van der Waals surface area contributed by atoms with Gasteiger partial charge >= 0.3 is 0 Å². The molecule has 2 atom stereocenters. The number of hydrogen-bond acceptors (Lipinski definition) is 9. The maximum absolute atomic E-state index is 13.4. The maximum Gasteiger partial charge on any atom is 0.254 e. The number of benzene rings is 3. The summed E-state index contributed by atoms with van der Waals surface area (Å²) in [5.41, 5.74) is 7.93. The summed E-state index contributed by atoms with van der Waals surface area (Å²) in [5, 5.41) is 10.3. The first-order chi connectivity index (χ1) is 24.4. The van der Waals surface area contributed by atoms with Crippen LogP contribution in [0, 0.1) is 5.92 Å². The van der Waals surface area contributed by atoms with Gasteiger partial charge in [0, 0.05) is 30.1 Å². The lowest BCUT2D eigenvalue weighted by atomic mass is 10.0. The van der Waals surface area contributed by atoms with Crippen LogP contribution in [0.2, 0.25) is 0 Å². The highest BCUT2D eigenvalue weighted by Gasteiger charge is 2.27. The fourth-order valence-electron chi connectivity index (χ4n) is 5.64. The Morgan fingerprint density at radius 2 is 1.53 bits per heavy atom. The van der Waals surface area contributed by atoms with Crippen molar-refractivity contribution >= 4 is 34.5 Å². The second-order valence-corrected chi connectivity index (χ2v) is 13.4.